The second kappa shape index (κ2) is 4.96. The van der Waals surface area contributed by atoms with Crippen molar-refractivity contribution in [2.45, 2.75) is 11.9 Å². The Hall–Kier alpha value is -1.89. The molecule has 0 amide bonds. The molecule has 2 rings (SSSR count). The molecule has 0 atom stereocenters. The topological polar surface area (TPSA) is 91.8 Å². The molecule has 17 heavy (non-hydrogen) atoms. The summed E-state index contributed by atoms with van der Waals surface area (Å²) < 4.78 is 0. The van der Waals surface area contributed by atoms with Crippen LogP contribution in [0.3, 0.4) is 0 Å². The summed E-state index contributed by atoms with van der Waals surface area (Å²) in [5.74, 6) is -0.366. The normalized spacial score (nSPS) is 11.9. The van der Waals surface area contributed by atoms with Crippen LogP contribution in [0.25, 0.3) is 11.2 Å². The van der Waals surface area contributed by atoms with E-state index in [4.69, 9.17) is 5.11 Å². The number of nitrogens with zero attached hydrogens (tertiary/aromatic N) is 3. The van der Waals surface area contributed by atoms with Gasteiger partial charge in [-0.3, -0.25) is 0 Å². The third-order valence-corrected chi connectivity index (χ3v) is 3.18. The lowest BCUT2D eigenvalue weighted by Crippen LogP contribution is -1.93. The van der Waals surface area contributed by atoms with E-state index in [0.29, 0.717) is 11.4 Å². The molecule has 2 aromatic rings. The van der Waals surface area contributed by atoms with E-state index in [2.05, 4.69) is 19.9 Å². The molecule has 0 saturated heterocycles. The fourth-order valence-corrected chi connectivity index (χ4v) is 2.15. The zero-order valence-electron chi connectivity index (χ0n) is 9.04. The number of hydrogen-bond donors (Lipinski definition) is 2. The molecule has 0 aromatic carbocycles. The van der Waals surface area contributed by atoms with Crippen molar-refractivity contribution in [3.8, 4) is 0 Å². The van der Waals surface area contributed by atoms with E-state index in [-0.39, 0.29) is 0 Å². The highest BCUT2D eigenvalue weighted by atomic mass is 32.2. The van der Waals surface area contributed by atoms with Crippen LogP contribution in [0.15, 0.2) is 29.3 Å². The van der Waals surface area contributed by atoms with E-state index in [1.54, 1.807) is 13.3 Å². The molecule has 0 aliphatic carbocycles. The van der Waals surface area contributed by atoms with Gasteiger partial charge in [-0.25, -0.2) is 19.7 Å². The SMILES string of the molecule is CC(=CC(=O)O)CSc1ncnc2nc[nH]c12. The molecule has 0 saturated carbocycles. The number of rotatable bonds is 4. The number of aromatic amines is 1. The summed E-state index contributed by atoms with van der Waals surface area (Å²) in [7, 11) is 0. The van der Waals surface area contributed by atoms with Crippen LogP contribution in [0.4, 0.5) is 0 Å². The van der Waals surface area contributed by atoms with Crippen molar-refractivity contribution in [2.75, 3.05) is 5.75 Å². The van der Waals surface area contributed by atoms with Crippen LogP contribution in [0.1, 0.15) is 6.92 Å². The van der Waals surface area contributed by atoms with Crippen molar-refractivity contribution in [3.05, 3.63) is 24.3 Å². The largest absolute Gasteiger partial charge is 0.478 e. The van der Waals surface area contributed by atoms with Crippen molar-refractivity contribution in [2.24, 2.45) is 0 Å². The van der Waals surface area contributed by atoms with E-state index in [0.717, 1.165) is 16.1 Å². The predicted octanol–water partition coefficient (Wildman–Crippen LogP) is 1.48. The smallest absolute Gasteiger partial charge is 0.328 e. The first-order chi connectivity index (χ1) is 8.16. The van der Waals surface area contributed by atoms with Crippen molar-refractivity contribution in [3.63, 3.8) is 0 Å². The van der Waals surface area contributed by atoms with Gasteiger partial charge in [-0.1, -0.05) is 17.3 Å². The molecule has 0 bridgehead atoms. The average Bonchev–Trinajstić information content (AvgIpc) is 2.73. The Morgan fingerprint density at radius 2 is 2.35 bits per heavy atom. The summed E-state index contributed by atoms with van der Waals surface area (Å²) in [4.78, 5) is 25.6. The van der Waals surface area contributed by atoms with Crippen LogP contribution in [-0.2, 0) is 4.79 Å². The first-order valence-corrected chi connectivity index (χ1v) is 5.82. The molecular weight excluding hydrogens is 240 g/mol. The highest BCUT2D eigenvalue weighted by Gasteiger charge is 2.06. The number of carboxylic acids is 1. The maximum Gasteiger partial charge on any atom is 0.328 e. The molecule has 0 aliphatic rings. The van der Waals surface area contributed by atoms with E-state index in [1.165, 1.54) is 24.2 Å². The molecule has 6 nitrogen and oxygen atoms in total. The molecule has 88 valence electrons. The van der Waals surface area contributed by atoms with Crippen molar-refractivity contribution in [1.29, 1.82) is 0 Å². The lowest BCUT2D eigenvalue weighted by Gasteiger charge is -2.01. The van der Waals surface area contributed by atoms with Gasteiger partial charge < -0.3 is 10.1 Å². The van der Waals surface area contributed by atoms with Gasteiger partial charge in [0.25, 0.3) is 0 Å². The number of aliphatic carboxylic acids is 1. The van der Waals surface area contributed by atoms with Gasteiger partial charge in [0.05, 0.1) is 6.33 Å². The standard InChI is InChI=1S/C10H10N4O2S/c1-6(2-7(15)16)3-17-10-8-9(12-4-11-8)13-5-14-10/h2,4-5H,3H2,1H3,(H,15,16)(H,11,12,13,14). The second-order valence-electron chi connectivity index (χ2n) is 3.40. The molecule has 2 heterocycles. The van der Waals surface area contributed by atoms with Gasteiger partial charge in [-0.05, 0) is 6.92 Å². The van der Waals surface area contributed by atoms with Crippen molar-refractivity contribution in [1.82, 2.24) is 19.9 Å². The number of hydrogen-bond acceptors (Lipinski definition) is 5. The van der Waals surface area contributed by atoms with Gasteiger partial charge in [0, 0.05) is 11.8 Å². The highest BCUT2D eigenvalue weighted by molar-refractivity contribution is 7.99. The fraction of sp³-hybridized carbons (Fsp3) is 0.200. The number of nitrogens with one attached hydrogen (secondary N) is 1. The summed E-state index contributed by atoms with van der Waals surface area (Å²) in [6.07, 6.45) is 4.20. The summed E-state index contributed by atoms with van der Waals surface area (Å²) in [6, 6.07) is 0. The minimum atomic E-state index is -0.933. The fourth-order valence-electron chi connectivity index (χ4n) is 1.29. The number of aromatic nitrogens is 4. The van der Waals surface area contributed by atoms with E-state index < -0.39 is 5.97 Å². The minimum Gasteiger partial charge on any atom is -0.478 e. The number of imidazole rings is 1. The Morgan fingerprint density at radius 1 is 1.53 bits per heavy atom. The summed E-state index contributed by atoms with van der Waals surface area (Å²) >= 11 is 1.45. The van der Waals surface area contributed by atoms with Gasteiger partial charge in [-0.15, -0.1) is 0 Å². The quantitative estimate of drug-likeness (QED) is 0.485. The second-order valence-corrected chi connectivity index (χ2v) is 4.36. The van der Waals surface area contributed by atoms with Crippen molar-refractivity contribution >= 4 is 28.9 Å². The monoisotopic (exact) mass is 250 g/mol. The summed E-state index contributed by atoms with van der Waals surface area (Å²) in [5.41, 5.74) is 2.16. The number of carboxylic acid groups (broad SMARTS) is 1. The Morgan fingerprint density at radius 3 is 3.12 bits per heavy atom. The molecule has 0 fully saturated rings. The zero-order valence-corrected chi connectivity index (χ0v) is 9.86. The maximum absolute atomic E-state index is 10.5. The summed E-state index contributed by atoms with van der Waals surface area (Å²) in [6.45, 7) is 1.77. The van der Waals surface area contributed by atoms with Gasteiger partial charge in [0.1, 0.15) is 16.9 Å². The Balaban J connectivity index is 2.14. The van der Waals surface area contributed by atoms with Gasteiger partial charge >= 0.3 is 5.97 Å². The van der Waals surface area contributed by atoms with Gasteiger partial charge in [0.2, 0.25) is 0 Å². The third kappa shape index (κ3) is 2.82. The molecule has 0 radical (unpaired) electrons. The van der Waals surface area contributed by atoms with E-state index in [9.17, 15) is 4.79 Å². The van der Waals surface area contributed by atoms with E-state index >= 15 is 0 Å². The Kier molecular flexibility index (Phi) is 3.38. The van der Waals surface area contributed by atoms with E-state index in [1.807, 2.05) is 0 Å². The van der Waals surface area contributed by atoms with Crippen molar-refractivity contribution < 1.29 is 9.90 Å². The molecular formula is C10H10N4O2S. The zero-order chi connectivity index (χ0) is 12.3. The molecule has 0 aliphatic heterocycles. The number of H-pyrrole nitrogens is 1. The molecule has 0 unspecified atom stereocenters. The molecule has 2 N–H and O–H groups in total. The first-order valence-electron chi connectivity index (χ1n) is 4.84. The third-order valence-electron chi connectivity index (χ3n) is 1.99. The molecule has 2 aromatic heterocycles. The van der Waals surface area contributed by atoms with Crippen LogP contribution < -0.4 is 0 Å². The van der Waals surface area contributed by atoms with Crippen LogP contribution >= 0.6 is 11.8 Å². The molecule has 0 spiro atoms. The Labute approximate surface area is 101 Å². The van der Waals surface area contributed by atoms with Crippen LogP contribution in [0.5, 0.6) is 0 Å². The lowest BCUT2D eigenvalue weighted by molar-refractivity contribution is -0.131. The van der Waals surface area contributed by atoms with Crippen LogP contribution in [0.2, 0.25) is 0 Å². The maximum atomic E-state index is 10.5. The first kappa shape index (κ1) is 11.6. The van der Waals surface area contributed by atoms with Crippen LogP contribution in [0, 0.1) is 0 Å². The van der Waals surface area contributed by atoms with Gasteiger partial charge in [0.15, 0.2) is 5.65 Å². The highest BCUT2D eigenvalue weighted by Crippen LogP contribution is 2.23. The minimum absolute atomic E-state index is 0.567. The number of carbonyl (C=O) groups is 1. The Bertz CT molecular complexity index is 578. The molecule has 7 heteroatoms. The number of thioether (sulfide) groups is 1. The lowest BCUT2D eigenvalue weighted by atomic mass is 10.3. The number of fused-ring (bicyclic) bond motifs is 1. The van der Waals surface area contributed by atoms with Gasteiger partial charge in [-0.2, -0.15) is 0 Å². The average molecular weight is 250 g/mol. The van der Waals surface area contributed by atoms with Crippen LogP contribution in [-0.4, -0.2) is 36.8 Å². The summed E-state index contributed by atoms with van der Waals surface area (Å²) in [5, 5.41) is 9.36. The predicted molar refractivity (Wildman–Crippen MR) is 63.8 cm³/mol.